The van der Waals surface area contributed by atoms with E-state index in [-0.39, 0.29) is 12.2 Å². The lowest BCUT2D eigenvalue weighted by Gasteiger charge is -2.08. The molecule has 0 spiro atoms. The first-order valence-electron chi connectivity index (χ1n) is 4.78. The number of phenolic OH excluding ortho intramolecular Hbond substituents is 1. The Bertz CT molecular complexity index is 346. The second-order valence-electron chi connectivity index (χ2n) is 3.11. The zero-order valence-corrected chi connectivity index (χ0v) is 8.53. The molecule has 1 N–H and O–H groups in total. The van der Waals surface area contributed by atoms with Gasteiger partial charge in [-0.15, -0.1) is 0 Å². The van der Waals surface area contributed by atoms with Crippen molar-refractivity contribution in [2.45, 2.75) is 19.8 Å². The summed E-state index contributed by atoms with van der Waals surface area (Å²) < 4.78 is 5.17. The van der Waals surface area contributed by atoms with Gasteiger partial charge in [-0.25, -0.2) is 0 Å². The summed E-state index contributed by atoms with van der Waals surface area (Å²) >= 11 is 0. The summed E-state index contributed by atoms with van der Waals surface area (Å²) in [5, 5.41) is 19.6. The second kappa shape index (κ2) is 5.24. The van der Waals surface area contributed by atoms with Crippen molar-refractivity contribution in [1.29, 1.82) is 0 Å². The zero-order valence-electron chi connectivity index (χ0n) is 8.53. The highest BCUT2D eigenvalue weighted by atomic mass is 16.5. The number of aromatic hydroxyl groups is 1. The van der Waals surface area contributed by atoms with E-state index in [1.165, 1.54) is 6.07 Å². The summed E-state index contributed by atoms with van der Waals surface area (Å²) in [7, 11) is 0. The van der Waals surface area contributed by atoms with E-state index in [4.69, 9.17) is 4.74 Å². The van der Waals surface area contributed by atoms with Crippen LogP contribution >= 0.6 is 0 Å². The maximum atomic E-state index is 10.3. The molecule has 0 unspecified atom stereocenters. The quantitative estimate of drug-likeness (QED) is 0.765. The van der Waals surface area contributed by atoms with Crippen LogP contribution in [0.2, 0.25) is 0 Å². The molecular weight excluding hydrogens is 196 g/mol. The molecule has 0 atom stereocenters. The topological polar surface area (TPSA) is 69.6 Å². The Hall–Kier alpha value is -1.71. The number of rotatable bonds is 5. The summed E-state index contributed by atoms with van der Waals surface area (Å²) in [4.78, 5) is 10.3. The van der Waals surface area contributed by atoms with E-state index in [2.05, 4.69) is 0 Å². The molecule has 1 aromatic carbocycles. The van der Waals surface area contributed by atoms with Gasteiger partial charge in [0.2, 0.25) is 0 Å². The van der Waals surface area contributed by atoms with Crippen molar-refractivity contribution in [3.05, 3.63) is 23.8 Å². The predicted molar refractivity (Wildman–Crippen MR) is 52.6 cm³/mol. The molecule has 0 aliphatic heterocycles. The Labute approximate surface area is 88.1 Å². The number of hydrogen-bond acceptors (Lipinski definition) is 4. The van der Waals surface area contributed by atoms with Gasteiger partial charge in [-0.05, 0) is 37.5 Å². The van der Waals surface area contributed by atoms with Crippen molar-refractivity contribution >= 4 is 5.97 Å². The first-order valence-corrected chi connectivity index (χ1v) is 4.78. The van der Waals surface area contributed by atoms with Gasteiger partial charge in [0.05, 0.1) is 6.61 Å². The van der Waals surface area contributed by atoms with Gasteiger partial charge >= 0.3 is 0 Å². The van der Waals surface area contributed by atoms with Crippen LogP contribution in [0.3, 0.4) is 0 Å². The predicted octanol–water partition coefficient (Wildman–Crippen LogP) is 0.473. The fourth-order valence-corrected chi connectivity index (χ4v) is 1.23. The number of aliphatic carboxylic acids is 1. The van der Waals surface area contributed by atoms with Crippen LogP contribution in [0.4, 0.5) is 0 Å². The molecule has 1 aromatic rings. The van der Waals surface area contributed by atoms with Crippen molar-refractivity contribution in [2.24, 2.45) is 0 Å². The summed E-state index contributed by atoms with van der Waals surface area (Å²) in [5.74, 6) is -0.636. The number of aryl methyl sites for hydroxylation is 1. The molecule has 0 saturated heterocycles. The van der Waals surface area contributed by atoms with E-state index < -0.39 is 5.97 Å². The number of benzene rings is 1. The van der Waals surface area contributed by atoms with E-state index in [1.54, 1.807) is 12.1 Å². The van der Waals surface area contributed by atoms with Crippen molar-refractivity contribution in [3.8, 4) is 11.5 Å². The number of ether oxygens (including phenoxy) is 1. The highest BCUT2D eigenvalue weighted by Crippen LogP contribution is 2.27. The molecule has 0 bridgehead atoms. The molecule has 1 rings (SSSR count). The molecule has 15 heavy (non-hydrogen) atoms. The molecule has 0 saturated carbocycles. The van der Waals surface area contributed by atoms with E-state index in [1.807, 2.05) is 6.92 Å². The number of carboxylic acids is 1. The van der Waals surface area contributed by atoms with Crippen LogP contribution in [0.1, 0.15) is 18.9 Å². The molecule has 0 radical (unpaired) electrons. The third-order valence-corrected chi connectivity index (χ3v) is 1.94. The van der Waals surface area contributed by atoms with Gasteiger partial charge in [0.1, 0.15) is 0 Å². The standard InChI is InChI=1S/C11H14O4/c1-2-15-10-7-8(3-5-9(10)12)4-6-11(13)14/h3,5,7,12H,2,4,6H2,1H3,(H,13,14)/p-1. The summed E-state index contributed by atoms with van der Waals surface area (Å²) in [6, 6.07) is 4.80. The van der Waals surface area contributed by atoms with Gasteiger partial charge in [0.15, 0.2) is 11.5 Å². The van der Waals surface area contributed by atoms with Crippen molar-refractivity contribution in [3.63, 3.8) is 0 Å². The van der Waals surface area contributed by atoms with E-state index in [0.717, 1.165) is 5.56 Å². The van der Waals surface area contributed by atoms with Crippen LogP contribution in [0.25, 0.3) is 0 Å². The fraction of sp³-hybridized carbons (Fsp3) is 0.364. The van der Waals surface area contributed by atoms with Crippen molar-refractivity contribution in [2.75, 3.05) is 6.61 Å². The Morgan fingerprint density at radius 3 is 2.87 bits per heavy atom. The molecule has 4 heteroatoms. The van der Waals surface area contributed by atoms with Gasteiger partial charge in [0, 0.05) is 5.97 Å². The minimum atomic E-state index is -1.08. The minimum absolute atomic E-state index is 0.0314. The SMILES string of the molecule is CCOc1cc(CCC(=O)[O-])ccc1O. The average molecular weight is 209 g/mol. The Morgan fingerprint density at radius 2 is 2.27 bits per heavy atom. The average Bonchev–Trinajstić information content (AvgIpc) is 2.19. The van der Waals surface area contributed by atoms with Crippen molar-refractivity contribution in [1.82, 2.24) is 0 Å². The molecule has 0 aliphatic rings. The Balaban J connectivity index is 2.73. The number of phenols is 1. The zero-order chi connectivity index (χ0) is 11.3. The highest BCUT2D eigenvalue weighted by Gasteiger charge is 2.03. The van der Waals surface area contributed by atoms with Crippen LogP contribution in [-0.4, -0.2) is 17.7 Å². The van der Waals surface area contributed by atoms with Crippen LogP contribution in [0.5, 0.6) is 11.5 Å². The molecular formula is C11H13O4-. The van der Waals surface area contributed by atoms with Gasteiger partial charge < -0.3 is 19.7 Å². The lowest BCUT2D eigenvalue weighted by Crippen LogP contribution is -2.22. The molecule has 0 amide bonds. The first kappa shape index (κ1) is 11.4. The molecule has 82 valence electrons. The molecule has 0 heterocycles. The molecule has 0 aliphatic carbocycles. The smallest absolute Gasteiger partial charge is 0.161 e. The fourth-order valence-electron chi connectivity index (χ4n) is 1.23. The van der Waals surface area contributed by atoms with E-state index >= 15 is 0 Å². The lowest BCUT2D eigenvalue weighted by atomic mass is 10.1. The first-order chi connectivity index (χ1) is 7.13. The van der Waals surface area contributed by atoms with Crippen LogP contribution in [0.15, 0.2) is 18.2 Å². The number of carboxylic acid groups (broad SMARTS) is 1. The number of carbonyl (C=O) groups excluding carboxylic acids is 1. The largest absolute Gasteiger partial charge is 0.550 e. The van der Waals surface area contributed by atoms with Crippen LogP contribution < -0.4 is 9.84 Å². The summed E-state index contributed by atoms with van der Waals surface area (Å²) in [6.07, 6.45) is 0.346. The second-order valence-corrected chi connectivity index (χ2v) is 3.11. The maximum absolute atomic E-state index is 10.3. The Morgan fingerprint density at radius 1 is 1.53 bits per heavy atom. The monoisotopic (exact) mass is 209 g/mol. The summed E-state index contributed by atoms with van der Waals surface area (Å²) in [5.41, 5.74) is 0.806. The highest BCUT2D eigenvalue weighted by molar-refractivity contribution is 5.64. The van der Waals surface area contributed by atoms with E-state index in [0.29, 0.717) is 18.8 Å². The minimum Gasteiger partial charge on any atom is -0.550 e. The van der Waals surface area contributed by atoms with E-state index in [9.17, 15) is 15.0 Å². The lowest BCUT2D eigenvalue weighted by molar-refractivity contribution is -0.305. The van der Waals surface area contributed by atoms with Crippen molar-refractivity contribution < 1.29 is 19.7 Å². The Kier molecular flexibility index (Phi) is 3.97. The van der Waals surface area contributed by atoms with Gasteiger partial charge in [0.25, 0.3) is 0 Å². The number of hydrogen-bond donors (Lipinski definition) is 1. The van der Waals surface area contributed by atoms with Gasteiger partial charge in [-0.2, -0.15) is 0 Å². The third kappa shape index (κ3) is 3.50. The van der Waals surface area contributed by atoms with Crippen LogP contribution in [0, 0.1) is 0 Å². The third-order valence-electron chi connectivity index (χ3n) is 1.94. The molecule has 0 fully saturated rings. The molecule has 4 nitrogen and oxygen atoms in total. The summed E-state index contributed by atoms with van der Waals surface area (Å²) in [6.45, 7) is 2.27. The number of carbonyl (C=O) groups is 1. The maximum Gasteiger partial charge on any atom is 0.161 e. The molecule has 0 aromatic heterocycles. The van der Waals surface area contributed by atoms with Crippen LogP contribution in [-0.2, 0) is 11.2 Å². The van der Waals surface area contributed by atoms with Gasteiger partial charge in [-0.1, -0.05) is 6.07 Å². The normalized spacial score (nSPS) is 9.93. The van der Waals surface area contributed by atoms with Gasteiger partial charge in [-0.3, -0.25) is 0 Å².